The van der Waals surface area contributed by atoms with Crippen LogP contribution >= 0.6 is 15.9 Å². The fourth-order valence-corrected chi connectivity index (χ4v) is 2.27. The molecule has 0 fully saturated rings. The van der Waals surface area contributed by atoms with E-state index in [4.69, 9.17) is 5.11 Å². The lowest BCUT2D eigenvalue weighted by molar-refractivity contribution is -0.143. The molecular formula is C15H20BrNO3. The minimum Gasteiger partial charge on any atom is -0.480 e. The van der Waals surface area contributed by atoms with E-state index < -0.39 is 12.0 Å². The van der Waals surface area contributed by atoms with Gasteiger partial charge in [-0.15, -0.1) is 0 Å². The van der Waals surface area contributed by atoms with Gasteiger partial charge in [-0.25, -0.2) is 4.79 Å². The van der Waals surface area contributed by atoms with Gasteiger partial charge in [-0.1, -0.05) is 48.3 Å². The van der Waals surface area contributed by atoms with Crippen molar-refractivity contribution < 1.29 is 14.7 Å². The van der Waals surface area contributed by atoms with Gasteiger partial charge in [0.1, 0.15) is 6.04 Å². The van der Waals surface area contributed by atoms with E-state index in [1.54, 1.807) is 0 Å². The van der Waals surface area contributed by atoms with Gasteiger partial charge in [0.05, 0.1) is 6.42 Å². The van der Waals surface area contributed by atoms with E-state index >= 15 is 0 Å². The molecule has 5 heteroatoms. The summed E-state index contributed by atoms with van der Waals surface area (Å²) in [6.45, 7) is 5.70. The highest BCUT2D eigenvalue weighted by Crippen LogP contribution is 2.18. The van der Waals surface area contributed by atoms with Crippen molar-refractivity contribution in [2.45, 2.75) is 39.7 Å². The maximum Gasteiger partial charge on any atom is 0.326 e. The summed E-state index contributed by atoms with van der Waals surface area (Å²) in [7, 11) is 0. The summed E-state index contributed by atoms with van der Waals surface area (Å²) in [5.41, 5.74) is 1.95. The highest BCUT2D eigenvalue weighted by molar-refractivity contribution is 9.10. The zero-order valence-corrected chi connectivity index (χ0v) is 13.5. The Labute approximate surface area is 127 Å². The lowest BCUT2D eigenvalue weighted by Gasteiger charge is -2.20. The summed E-state index contributed by atoms with van der Waals surface area (Å²) >= 11 is 3.42. The van der Waals surface area contributed by atoms with Crippen molar-refractivity contribution in [3.63, 3.8) is 0 Å². The van der Waals surface area contributed by atoms with E-state index in [0.717, 1.165) is 15.6 Å². The van der Waals surface area contributed by atoms with Crippen LogP contribution in [0.1, 0.15) is 31.4 Å². The van der Waals surface area contributed by atoms with Crippen LogP contribution in [0.5, 0.6) is 0 Å². The van der Waals surface area contributed by atoms with Crippen molar-refractivity contribution in [1.82, 2.24) is 5.32 Å². The second-order valence-corrected chi connectivity index (χ2v) is 5.88. The molecule has 20 heavy (non-hydrogen) atoms. The SMILES string of the molecule is CCC(C)C(NC(=O)Cc1ccc(C)c(Br)c1)C(=O)O. The van der Waals surface area contributed by atoms with Gasteiger partial charge in [-0.2, -0.15) is 0 Å². The van der Waals surface area contributed by atoms with Gasteiger partial charge >= 0.3 is 5.97 Å². The van der Waals surface area contributed by atoms with Crippen molar-refractivity contribution in [2.75, 3.05) is 0 Å². The second-order valence-electron chi connectivity index (χ2n) is 5.03. The van der Waals surface area contributed by atoms with Crippen LogP contribution in [-0.4, -0.2) is 23.0 Å². The highest BCUT2D eigenvalue weighted by Gasteiger charge is 2.25. The molecule has 2 atom stereocenters. The van der Waals surface area contributed by atoms with E-state index in [0.29, 0.717) is 6.42 Å². The van der Waals surface area contributed by atoms with Gasteiger partial charge in [-0.05, 0) is 30.0 Å². The predicted molar refractivity (Wildman–Crippen MR) is 81.6 cm³/mol. The Bertz CT molecular complexity index is 502. The minimum absolute atomic E-state index is 0.0961. The van der Waals surface area contributed by atoms with Crippen LogP contribution in [0, 0.1) is 12.8 Å². The first-order valence-corrected chi connectivity index (χ1v) is 7.41. The molecule has 0 aliphatic rings. The summed E-state index contributed by atoms with van der Waals surface area (Å²) < 4.78 is 0.944. The van der Waals surface area contributed by atoms with Crippen LogP contribution in [0.15, 0.2) is 22.7 Å². The van der Waals surface area contributed by atoms with Crippen LogP contribution in [0.3, 0.4) is 0 Å². The average molecular weight is 342 g/mol. The third-order valence-electron chi connectivity index (χ3n) is 3.40. The van der Waals surface area contributed by atoms with Gasteiger partial charge < -0.3 is 10.4 Å². The Morgan fingerprint density at radius 2 is 2.05 bits per heavy atom. The Kier molecular flexibility index (Phi) is 6.20. The van der Waals surface area contributed by atoms with E-state index in [2.05, 4.69) is 21.2 Å². The lowest BCUT2D eigenvalue weighted by atomic mass is 9.99. The van der Waals surface area contributed by atoms with Gasteiger partial charge in [-0.3, -0.25) is 4.79 Å². The number of nitrogens with one attached hydrogen (secondary N) is 1. The van der Waals surface area contributed by atoms with E-state index in [-0.39, 0.29) is 18.2 Å². The number of aliphatic carboxylic acids is 1. The van der Waals surface area contributed by atoms with Gasteiger partial charge in [0.2, 0.25) is 5.91 Å². The van der Waals surface area contributed by atoms with Crippen molar-refractivity contribution in [1.29, 1.82) is 0 Å². The Morgan fingerprint density at radius 3 is 2.55 bits per heavy atom. The number of carbonyl (C=O) groups is 2. The molecular weight excluding hydrogens is 322 g/mol. The molecule has 0 heterocycles. The molecule has 2 N–H and O–H groups in total. The molecule has 1 amide bonds. The van der Waals surface area contributed by atoms with Gasteiger partial charge in [0, 0.05) is 4.47 Å². The number of carboxylic acid groups (broad SMARTS) is 1. The number of aryl methyl sites for hydroxylation is 1. The summed E-state index contributed by atoms with van der Waals surface area (Å²) in [6.07, 6.45) is 0.881. The molecule has 0 saturated heterocycles. The summed E-state index contributed by atoms with van der Waals surface area (Å²) in [4.78, 5) is 23.1. The topological polar surface area (TPSA) is 66.4 Å². The normalized spacial score (nSPS) is 13.6. The van der Waals surface area contributed by atoms with Gasteiger partial charge in [0.25, 0.3) is 0 Å². The quantitative estimate of drug-likeness (QED) is 0.835. The molecule has 0 bridgehead atoms. The minimum atomic E-state index is -0.988. The molecule has 1 aromatic carbocycles. The molecule has 0 aliphatic heterocycles. The predicted octanol–water partition coefficient (Wildman–Crippen LogP) is 2.92. The lowest BCUT2D eigenvalue weighted by Crippen LogP contribution is -2.45. The first-order chi connectivity index (χ1) is 9.35. The van der Waals surface area contributed by atoms with Crippen LogP contribution in [0.4, 0.5) is 0 Å². The number of hydrogen-bond donors (Lipinski definition) is 2. The van der Waals surface area contributed by atoms with Crippen LogP contribution in [0.25, 0.3) is 0 Å². The molecule has 2 unspecified atom stereocenters. The smallest absolute Gasteiger partial charge is 0.326 e. The molecule has 1 rings (SSSR count). The maximum atomic E-state index is 12.0. The molecule has 4 nitrogen and oxygen atoms in total. The first-order valence-electron chi connectivity index (χ1n) is 6.62. The average Bonchev–Trinajstić information content (AvgIpc) is 2.39. The zero-order valence-electron chi connectivity index (χ0n) is 11.9. The number of benzene rings is 1. The van der Waals surface area contributed by atoms with Crippen LogP contribution in [0.2, 0.25) is 0 Å². The third kappa shape index (κ3) is 4.63. The molecule has 0 saturated carbocycles. The number of rotatable bonds is 6. The zero-order chi connectivity index (χ0) is 15.3. The second kappa shape index (κ2) is 7.43. The van der Waals surface area contributed by atoms with Gasteiger partial charge in [0.15, 0.2) is 0 Å². The molecule has 110 valence electrons. The van der Waals surface area contributed by atoms with Crippen LogP contribution < -0.4 is 5.32 Å². The largest absolute Gasteiger partial charge is 0.480 e. The number of carboxylic acids is 1. The highest BCUT2D eigenvalue weighted by atomic mass is 79.9. The number of hydrogen-bond acceptors (Lipinski definition) is 2. The number of carbonyl (C=O) groups excluding carboxylic acids is 1. The summed E-state index contributed by atoms with van der Waals surface area (Å²) in [5, 5.41) is 11.7. The van der Waals surface area contributed by atoms with Crippen molar-refractivity contribution >= 4 is 27.8 Å². The summed E-state index contributed by atoms with van der Waals surface area (Å²) in [5.74, 6) is -1.35. The van der Waals surface area contributed by atoms with E-state index in [1.807, 2.05) is 39.0 Å². The maximum absolute atomic E-state index is 12.0. The van der Waals surface area contributed by atoms with E-state index in [1.165, 1.54) is 0 Å². The Balaban J connectivity index is 2.70. The molecule has 0 aliphatic carbocycles. The fourth-order valence-electron chi connectivity index (χ4n) is 1.84. The molecule has 0 radical (unpaired) electrons. The molecule has 0 aromatic heterocycles. The fraction of sp³-hybridized carbons (Fsp3) is 0.467. The first kappa shape index (κ1) is 16.7. The third-order valence-corrected chi connectivity index (χ3v) is 4.25. The Morgan fingerprint density at radius 1 is 1.40 bits per heavy atom. The Hall–Kier alpha value is -1.36. The van der Waals surface area contributed by atoms with Crippen molar-refractivity contribution in [3.05, 3.63) is 33.8 Å². The monoisotopic (exact) mass is 341 g/mol. The summed E-state index contributed by atoms with van der Waals surface area (Å²) in [6, 6.07) is 4.85. The molecule has 1 aromatic rings. The number of halogens is 1. The number of amides is 1. The standard InChI is InChI=1S/C15H20BrNO3/c1-4-9(2)14(15(19)20)17-13(18)8-11-6-5-10(3)12(16)7-11/h5-7,9,14H,4,8H2,1-3H3,(H,17,18)(H,19,20). The van der Waals surface area contributed by atoms with Crippen molar-refractivity contribution in [2.24, 2.45) is 5.92 Å². The van der Waals surface area contributed by atoms with Crippen molar-refractivity contribution in [3.8, 4) is 0 Å². The van der Waals surface area contributed by atoms with Crippen LogP contribution in [-0.2, 0) is 16.0 Å². The van der Waals surface area contributed by atoms with E-state index in [9.17, 15) is 9.59 Å². The molecule has 0 spiro atoms.